The van der Waals surface area contributed by atoms with Crippen LogP contribution in [0.5, 0.6) is 5.75 Å². The number of hydrogen-bond acceptors (Lipinski definition) is 4. The maximum Gasteiger partial charge on any atom is 0.324 e. The number of aryl methyl sites for hydroxylation is 1. The monoisotopic (exact) mass is 372 g/mol. The average molecular weight is 373 g/mol. The van der Waals surface area contributed by atoms with Crippen LogP contribution in [0.3, 0.4) is 0 Å². The lowest BCUT2D eigenvalue weighted by Crippen LogP contribution is -2.54. The minimum absolute atomic E-state index is 0.0364. The van der Waals surface area contributed by atoms with Gasteiger partial charge >= 0.3 is 6.03 Å². The molecule has 2 aliphatic heterocycles. The minimum atomic E-state index is 0.0364. The van der Waals surface area contributed by atoms with Crippen LogP contribution >= 0.6 is 11.6 Å². The molecular weight excluding hydrogens is 352 g/mol. The van der Waals surface area contributed by atoms with E-state index in [0.717, 1.165) is 30.0 Å². The molecule has 2 amide bonds. The number of halogens is 1. The third-order valence-electron chi connectivity index (χ3n) is 4.88. The number of nitrogens with zero attached hydrogens (tertiary/aromatic N) is 4. The number of ether oxygens (including phenoxy) is 1. The summed E-state index contributed by atoms with van der Waals surface area (Å²) in [6.45, 7) is 6.01. The first-order valence-electron chi connectivity index (χ1n) is 8.78. The topological polar surface area (TPSA) is 48.9 Å². The van der Waals surface area contributed by atoms with Crippen LogP contribution in [0.15, 0.2) is 36.7 Å². The van der Waals surface area contributed by atoms with Gasteiger partial charge in [-0.3, -0.25) is 9.88 Å². The lowest BCUT2D eigenvalue weighted by Gasteiger charge is -2.40. The predicted octanol–water partition coefficient (Wildman–Crippen LogP) is 3.18. The van der Waals surface area contributed by atoms with Crippen molar-refractivity contribution in [2.45, 2.75) is 6.92 Å². The first kappa shape index (κ1) is 17.0. The Morgan fingerprint density at radius 1 is 1.12 bits per heavy atom. The van der Waals surface area contributed by atoms with Crippen LogP contribution in [-0.4, -0.2) is 55.2 Å². The lowest BCUT2D eigenvalue weighted by atomic mass is 10.1. The zero-order chi connectivity index (χ0) is 18.1. The SMILES string of the molecule is Cc1cc(Cl)cc2c1N(C(=O)N1CCN(c3ccncc3)CC1)CCO2. The molecule has 6 nitrogen and oxygen atoms in total. The van der Waals surface area contributed by atoms with Gasteiger partial charge < -0.3 is 14.5 Å². The van der Waals surface area contributed by atoms with Crippen molar-refractivity contribution < 1.29 is 9.53 Å². The summed E-state index contributed by atoms with van der Waals surface area (Å²) in [7, 11) is 0. The van der Waals surface area contributed by atoms with Crippen LogP contribution < -0.4 is 14.5 Å². The third kappa shape index (κ3) is 3.17. The first-order chi connectivity index (χ1) is 12.6. The molecular formula is C19H21ClN4O2. The molecule has 3 heterocycles. The summed E-state index contributed by atoms with van der Waals surface area (Å²) in [6, 6.07) is 7.70. The Hall–Kier alpha value is -2.47. The van der Waals surface area contributed by atoms with Gasteiger partial charge in [0.2, 0.25) is 0 Å². The van der Waals surface area contributed by atoms with E-state index in [0.29, 0.717) is 37.0 Å². The second kappa shape index (κ2) is 7.03. The first-order valence-corrected chi connectivity index (χ1v) is 9.15. The van der Waals surface area contributed by atoms with E-state index in [-0.39, 0.29) is 6.03 Å². The molecule has 4 rings (SSSR count). The smallest absolute Gasteiger partial charge is 0.324 e. The average Bonchev–Trinajstić information content (AvgIpc) is 2.67. The number of benzene rings is 1. The van der Waals surface area contributed by atoms with E-state index >= 15 is 0 Å². The maximum atomic E-state index is 13.1. The van der Waals surface area contributed by atoms with E-state index in [9.17, 15) is 4.79 Å². The van der Waals surface area contributed by atoms with Gasteiger partial charge in [0.1, 0.15) is 12.4 Å². The van der Waals surface area contributed by atoms with E-state index in [1.807, 2.05) is 34.9 Å². The maximum absolute atomic E-state index is 13.1. The van der Waals surface area contributed by atoms with Crippen molar-refractivity contribution in [3.8, 4) is 5.75 Å². The van der Waals surface area contributed by atoms with Gasteiger partial charge in [0.25, 0.3) is 0 Å². The number of amides is 2. The fraction of sp³-hybridized carbons (Fsp3) is 0.368. The number of hydrogen-bond donors (Lipinski definition) is 0. The third-order valence-corrected chi connectivity index (χ3v) is 5.10. The van der Waals surface area contributed by atoms with Crippen molar-refractivity contribution in [2.75, 3.05) is 49.1 Å². The summed E-state index contributed by atoms with van der Waals surface area (Å²) in [4.78, 5) is 23.2. The normalized spacial score (nSPS) is 16.9. The number of anilines is 2. The number of carbonyl (C=O) groups is 1. The van der Waals surface area contributed by atoms with Crippen LogP contribution in [0.1, 0.15) is 5.56 Å². The second-order valence-corrected chi connectivity index (χ2v) is 6.97. The number of rotatable bonds is 1. The van der Waals surface area contributed by atoms with E-state index in [4.69, 9.17) is 16.3 Å². The Bertz CT molecular complexity index is 807. The van der Waals surface area contributed by atoms with E-state index in [1.165, 1.54) is 0 Å². The quantitative estimate of drug-likeness (QED) is 0.771. The molecule has 1 aromatic heterocycles. The molecule has 136 valence electrons. The number of aromatic nitrogens is 1. The number of pyridine rings is 1. The van der Waals surface area contributed by atoms with Crippen molar-refractivity contribution in [1.29, 1.82) is 0 Å². The molecule has 0 unspecified atom stereocenters. The van der Waals surface area contributed by atoms with Gasteiger partial charge in [-0.25, -0.2) is 4.79 Å². The molecule has 0 saturated carbocycles. The molecule has 0 spiro atoms. The van der Waals surface area contributed by atoms with Crippen molar-refractivity contribution in [3.05, 3.63) is 47.2 Å². The summed E-state index contributed by atoms with van der Waals surface area (Å²) in [5.74, 6) is 0.685. The van der Waals surface area contributed by atoms with Crippen molar-refractivity contribution in [3.63, 3.8) is 0 Å². The number of fused-ring (bicyclic) bond motifs is 1. The molecule has 1 fully saturated rings. The van der Waals surface area contributed by atoms with Crippen LogP contribution in [0.2, 0.25) is 5.02 Å². The Morgan fingerprint density at radius 2 is 1.85 bits per heavy atom. The van der Waals surface area contributed by atoms with Crippen molar-refractivity contribution in [1.82, 2.24) is 9.88 Å². The minimum Gasteiger partial charge on any atom is -0.489 e. The fourth-order valence-electron chi connectivity index (χ4n) is 3.59. The van der Waals surface area contributed by atoms with Gasteiger partial charge in [-0.15, -0.1) is 0 Å². The van der Waals surface area contributed by atoms with E-state index in [1.54, 1.807) is 18.5 Å². The van der Waals surface area contributed by atoms with Crippen molar-refractivity contribution in [2.24, 2.45) is 0 Å². The van der Waals surface area contributed by atoms with Gasteiger partial charge in [-0.2, -0.15) is 0 Å². The molecule has 0 atom stereocenters. The van der Waals surface area contributed by atoms with E-state index in [2.05, 4.69) is 9.88 Å². The molecule has 26 heavy (non-hydrogen) atoms. The molecule has 0 bridgehead atoms. The van der Waals surface area contributed by atoms with Gasteiger partial charge in [0.05, 0.1) is 12.2 Å². The lowest BCUT2D eigenvalue weighted by molar-refractivity contribution is 0.196. The highest BCUT2D eigenvalue weighted by atomic mass is 35.5. The Kier molecular flexibility index (Phi) is 4.59. The highest BCUT2D eigenvalue weighted by molar-refractivity contribution is 6.31. The predicted molar refractivity (Wildman–Crippen MR) is 102 cm³/mol. The summed E-state index contributed by atoms with van der Waals surface area (Å²) in [5.41, 5.74) is 2.94. The highest BCUT2D eigenvalue weighted by Gasteiger charge is 2.31. The van der Waals surface area contributed by atoms with Crippen molar-refractivity contribution >= 4 is 29.0 Å². The number of urea groups is 1. The van der Waals surface area contributed by atoms with Crippen LogP contribution in [-0.2, 0) is 0 Å². The Morgan fingerprint density at radius 3 is 2.58 bits per heavy atom. The van der Waals surface area contributed by atoms with Crippen LogP contribution in [0.4, 0.5) is 16.2 Å². The zero-order valence-electron chi connectivity index (χ0n) is 14.7. The molecule has 0 radical (unpaired) electrons. The molecule has 2 aliphatic rings. The zero-order valence-corrected chi connectivity index (χ0v) is 15.4. The van der Waals surface area contributed by atoms with E-state index < -0.39 is 0 Å². The molecule has 1 saturated heterocycles. The molecule has 0 aliphatic carbocycles. The van der Waals surface area contributed by atoms with Gasteiger partial charge in [-0.05, 0) is 30.7 Å². The largest absolute Gasteiger partial charge is 0.489 e. The summed E-state index contributed by atoms with van der Waals surface area (Å²) >= 11 is 6.13. The van der Waals surface area contributed by atoms with Gasteiger partial charge in [-0.1, -0.05) is 11.6 Å². The summed E-state index contributed by atoms with van der Waals surface area (Å²) in [5, 5.41) is 0.626. The van der Waals surface area contributed by atoms with Crippen LogP contribution in [0, 0.1) is 6.92 Å². The molecule has 2 aromatic rings. The summed E-state index contributed by atoms with van der Waals surface area (Å²) in [6.07, 6.45) is 3.59. The van der Waals surface area contributed by atoms with Gasteiger partial charge in [0, 0.05) is 55.3 Å². The molecule has 7 heteroatoms. The standard InChI is InChI=1S/C19H21ClN4O2/c1-14-12-15(20)13-17-18(14)24(10-11-26-17)19(25)23-8-6-22(7-9-23)16-2-4-21-5-3-16/h2-5,12-13H,6-11H2,1H3. The number of carbonyl (C=O) groups excluding carboxylic acids is 1. The Balaban J connectivity index is 1.49. The molecule has 0 N–H and O–H groups in total. The number of piperazine rings is 1. The van der Waals surface area contributed by atoms with Gasteiger partial charge in [0.15, 0.2) is 0 Å². The van der Waals surface area contributed by atoms with Crippen LogP contribution in [0.25, 0.3) is 0 Å². The Labute approximate surface area is 157 Å². The molecule has 1 aromatic carbocycles. The summed E-state index contributed by atoms with van der Waals surface area (Å²) < 4.78 is 5.72. The highest BCUT2D eigenvalue weighted by Crippen LogP contribution is 2.38. The fourth-order valence-corrected chi connectivity index (χ4v) is 3.85. The second-order valence-electron chi connectivity index (χ2n) is 6.53.